The average molecular weight is 430 g/mol. The van der Waals surface area contributed by atoms with E-state index in [0.717, 1.165) is 5.56 Å². The predicted octanol–water partition coefficient (Wildman–Crippen LogP) is 7.32. The van der Waals surface area contributed by atoms with E-state index in [2.05, 4.69) is 67.5 Å². The maximum atomic E-state index is 14.8. The quantitative estimate of drug-likeness (QED) is 0.286. The molecule has 10 saturated heterocycles. The van der Waals surface area contributed by atoms with Crippen molar-refractivity contribution >= 4 is 12.1 Å². The van der Waals surface area contributed by atoms with E-state index >= 15 is 0 Å². The Morgan fingerprint density at radius 3 is 1.41 bits per heavy atom. The van der Waals surface area contributed by atoms with Gasteiger partial charge in [-0.2, -0.15) is 0 Å². The molecule has 1 aromatic carbocycles. The van der Waals surface area contributed by atoms with E-state index < -0.39 is 6.51 Å². The first kappa shape index (κ1) is 14.2. The number of hydrogen-bond acceptors (Lipinski definition) is 2. The van der Waals surface area contributed by atoms with Crippen LogP contribution in [0.1, 0.15) is 65.7 Å². The SMILES string of the molecule is C[C]12[C]3(C)[C]4(C)[C]5(C=O)[C]1(C)[Fe]23451678[C]2(C)[C]1(C)[C]6(C)[C]7(C(=O)c1ccccc1)[C]28C. The predicted molar refractivity (Wildman–Crippen MR) is 109 cm³/mol. The van der Waals surface area contributed by atoms with Crippen LogP contribution in [0.4, 0.5) is 0 Å². The van der Waals surface area contributed by atoms with Crippen LogP contribution in [0.3, 0.4) is 0 Å². The van der Waals surface area contributed by atoms with E-state index in [9.17, 15) is 9.59 Å². The van der Waals surface area contributed by atoms with Crippen molar-refractivity contribution in [2.45, 2.75) is 98.5 Å². The van der Waals surface area contributed by atoms with Crippen molar-refractivity contribution in [1.82, 2.24) is 0 Å². The van der Waals surface area contributed by atoms with Crippen LogP contribution in [-0.4, -0.2) is 12.1 Å². The van der Waals surface area contributed by atoms with Gasteiger partial charge in [-0.05, 0) is 0 Å². The molecule has 0 radical (unpaired) electrons. The third-order valence-electron chi connectivity index (χ3n) is 24.1. The van der Waals surface area contributed by atoms with Gasteiger partial charge in [0, 0.05) is 0 Å². The second kappa shape index (κ2) is 1.37. The van der Waals surface area contributed by atoms with Crippen molar-refractivity contribution in [3.63, 3.8) is 0 Å². The Morgan fingerprint density at radius 1 is 0.690 bits per heavy atom. The minimum absolute atomic E-state index is 0.110. The molecule has 0 bridgehead atoms. The van der Waals surface area contributed by atoms with Crippen molar-refractivity contribution in [2.75, 3.05) is 0 Å². The number of carbonyl (C=O) groups is 2. The molecule has 154 valence electrons. The molecule has 10 heterocycles. The average Bonchev–Trinajstić information content (AvgIpc) is 3.67. The number of benzene rings is 1. The number of hydrogen-bond donors (Lipinski definition) is 0. The fourth-order valence-corrected chi connectivity index (χ4v) is 132. The number of Topliss-reactive ketones (excluding diaryl/α,β-unsaturated/α-hetero) is 1. The van der Waals surface area contributed by atoms with Crippen LogP contribution in [0.5, 0.6) is 0 Å². The van der Waals surface area contributed by atoms with Gasteiger partial charge >= 0.3 is 163 Å². The van der Waals surface area contributed by atoms with Crippen LogP contribution in [0, 0.1) is 0 Å². The third-order valence-corrected chi connectivity index (χ3v) is 79.6. The Kier molecular flexibility index (Phi) is 0.669. The van der Waals surface area contributed by atoms with Gasteiger partial charge in [0.1, 0.15) is 0 Å². The molecule has 0 aromatic heterocycles. The first-order chi connectivity index (χ1) is 13.2. The zero-order valence-corrected chi connectivity index (χ0v) is 19.7. The van der Waals surface area contributed by atoms with Crippen LogP contribution in [0.25, 0.3) is 0 Å². The number of ketones is 1. The number of aldehydes is 1. The Balaban J connectivity index is 1.55. The van der Waals surface area contributed by atoms with E-state index in [0.29, 0.717) is 5.78 Å². The molecule has 8 unspecified atom stereocenters. The van der Waals surface area contributed by atoms with E-state index in [1.165, 1.54) is 6.29 Å². The first-order valence-corrected chi connectivity index (χ1v) is 16.9. The molecule has 1 spiro atoms. The first-order valence-electron chi connectivity index (χ1n) is 11.4. The summed E-state index contributed by atoms with van der Waals surface area (Å²) in [5, 5.41) is 0. The monoisotopic (exact) mass is 430 g/mol. The van der Waals surface area contributed by atoms with Gasteiger partial charge in [-0.1, -0.05) is 0 Å². The summed E-state index contributed by atoms with van der Waals surface area (Å²) in [6.45, 7) is 15.6. The Hall–Kier alpha value is -0.921. The standard InChI is InChI=1S/C16H17O.C10H13O.Fe/c1-10-11(2)13(4)15(12(10)3)16(17)14-8-6-5-7-9-14;1-6-7(2)9(4)10(5-11)8(6)3;/h5-9H,1-4H3;5H,1-4H3;. The molecule has 10 fully saturated rings. The molecule has 2 nitrogen and oxygen atoms in total. The van der Waals surface area contributed by atoms with Gasteiger partial charge in [0.2, 0.25) is 0 Å². The molecule has 0 N–H and O–H groups in total. The normalized spacial score (nSPS) is 97.7. The second-order valence-electron chi connectivity index (χ2n) is 15.0. The van der Waals surface area contributed by atoms with Gasteiger partial charge in [0.05, 0.1) is 0 Å². The van der Waals surface area contributed by atoms with Gasteiger partial charge in [-0.25, -0.2) is 0 Å². The van der Waals surface area contributed by atoms with Crippen molar-refractivity contribution in [1.29, 1.82) is 0 Å². The van der Waals surface area contributed by atoms with Gasteiger partial charge < -0.3 is 0 Å². The molecule has 1 aromatic rings. The van der Waals surface area contributed by atoms with Crippen LogP contribution >= 0.6 is 0 Å². The van der Waals surface area contributed by atoms with Gasteiger partial charge in [-0.3, -0.25) is 0 Å². The summed E-state index contributed by atoms with van der Waals surface area (Å²) >= 11 is 0. The molecule has 10 aliphatic heterocycles. The molecular weight excluding hydrogens is 400 g/mol. The van der Waals surface area contributed by atoms with Crippen LogP contribution in [-0.2, 0) is 11.3 Å². The molecule has 8 atom stereocenters. The zero-order valence-electron chi connectivity index (χ0n) is 18.6. The summed E-state index contributed by atoms with van der Waals surface area (Å²) in [4.78, 5) is 28.3. The number of fused-ring (bicyclic) bond motifs is 10. The van der Waals surface area contributed by atoms with Gasteiger partial charge in [0.25, 0.3) is 0 Å². The third kappa shape index (κ3) is 0.131. The molecule has 10 aliphatic rings. The topological polar surface area (TPSA) is 34.1 Å². The molecule has 0 aliphatic carbocycles. The summed E-state index contributed by atoms with van der Waals surface area (Å²) in [7, 11) is 0. The Bertz CT molecular complexity index is 1690. The number of rotatable bonds is 3. The molecule has 11 rings (SSSR count). The summed E-state index contributed by atoms with van der Waals surface area (Å²) in [5.41, 5.74) is 0.913. The molecule has 0 saturated carbocycles. The minimum atomic E-state index is -5.11. The fraction of sp³-hybridized carbons (Fsp3) is 0.692. The second-order valence-corrected chi connectivity index (χ2v) is 37.9. The van der Waals surface area contributed by atoms with E-state index in [1.807, 2.05) is 18.2 Å². The van der Waals surface area contributed by atoms with Crippen molar-refractivity contribution in [3.05, 3.63) is 35.9 Å². The molecular formula is C26H30FeO2. The summed E-state index contributed by atoms with van der Waals surface area (Å²) in [6.07, 6.45) is 1.50. The molecule has 29 heavy (non-hydrogen) atoms. The summed E-state index contributed by atoms with van der Waals surface area (Å²) < 4.78 is 1.21. The van der Waals surface area contributed by atoms with Crippen LogP contribution in [0.2, 0.25) is 43.1 Å². The summed E-state index contributed by atoms with van der Waals surface area (Å²) in [5.74, 6) is 0.452. The maximum absolute atomic E-state index is 14.8. The fourth-order valence-electron chi connectivity index (χ4n) is 30.9. The Labute approximate surface area is 162 Å². The van der Waals surface area contributed by atoms with E-state index in [-0.39, 0.29) is 43.1 Å². The van der Waals surface area contributed by atoms with Crippen LogP contribution < -0.4 is 0 Å². The van der Waals surface area contributed by atoms with Crippen LogP contribution in [0.15, 0.2) is 30.3 Å². The van der Waals surface area contributed by atoms with E-state index in [1.54, 1.807) is 0 Å². The number of carbonyl (C=O) groups excluding carboxylic acids is 2. The van der Waals surface area contributed by atoms with E-state index in [4.69, 9.17) is 0 Å². The molecule has 3 heteroatoms. The Morgan fingerprint density at radius 2 is 1.10 bits per heavy atom. The summed E-state index contributed by atoms with van der Waals surface area (Å²) in [6, 6.07) is 10.2. The zero-order chi connectivity index (χ0) is 20.7. The molecule has 0 amide bonds. The van der Waals surface area contributed by atoms with Crippen molar-refractivity contribution in [3.8, 4) is 0 Å². The van der Waals surface area contributed by atoms with Gasteiger partial charge in [0.15, 0.2) is 0 Å². The van der Waals surface area contributed by atoms with Gasteiger partial charge in [-0.15, -0.1) is 0 Å². The van der Waals surface area contributed by atoms with Crippen molar-refractivity contribution < 1.29 is 16.1 Å². The van der Waals surface area contributed by atoms with Crippen molar-refractivity contribution in [2.24, 2.45) is 0 Å².